The molecule has 16 heavy (non-hydrogen) atoms. The van der Waals surface area contributed by atoms with Crippen molar-refractivity contribution in [2.75, 3.05) is 7.11 Å². The maximum absolute atomic E-state index is 11.2. The molecular formula is C12H13NO2S. The van der Waals surface area contributed by atoms with Crippen LogP contribution >= 0.6 is 11.8 Å². The van der Waals surface area contributed by atoms with Crippen LogP contribution in [0.25, 0.3) is 0 Å². The Labute approximate surface area is 99.4 Å². The number of nitrogens with zero attached hydrogens (tertiary/aromatic N) is 1. The third-order valence-electron chi connectivity index (χ3n) is 2.16. The highest BCUT2D eigenvalue weighted by molar-refractivity contribution is 7.99. The van der Waals surface area contributed by atoms with E-state index in [1.54, 1.807) is 13.0 Å². The fourth-order valence-electron chi connectivity index (χ4n) is 1.20. The molecule has 1 unspecified atom stereocenters. The third-order valence-corrected chi connectivity index (χ3v) is 3.33. The minimum Gasteiger partial charge on any atom is -0.468 e. The van der Waals surface area contributed by atoms with Crippen molar-refractivity contribution in [2.24, 2.45) is 0 Å². The van der Waals surface area contributed by atoms with Gasteiger partial charge >= 0.3 is 5.97 Å². The lowest BCUT2D eigenvalue weighted by molar-refractivity contribution is -0.139. The topological polar surface area (TPSA) is 50.1 Å². The molecule has 0 aliphatic rings. The Kier molecular flexibility index (Phi) is 4.87. The normalized spacial score (nSPS) is 11.6. The number of rotatable bonds is 4. The van der Waals surface area contributed by atoms with Crippen molar-refractivity contribution < 1.29 is 9.53 Å². The van der Waals surface area contributed by atoms with Crippen molar-refractivity contribution in [3.63, 3.8) is 0 Å². The number of thioether (sulfide) groups is 1. The molecule has 0 heterocycles. The van der Waals surface area contributed by atoms with Gasteiger partial charge in [0, 0.05) is 5.75 Å². The lowest BCUT2D eigenvalue weighted by atomic mass is 10.1. The summed E-state index contributed by atoms with van der Waals surface area (Å²) in [4.78, 5) is 11.2. The number of methoxy groups -OCH3 is 1. The minimum atomic E-state index is -0.237. The maximum atomic E-state index is 11.2. The van der Waals surface area contributed by atoms with Crippen LogP contribution in [0.3, 0.4) is 0 Å². The van der Waals surface area contributed by atoms with Gasteiger partial charge in [0.1, 0.15) is 0 Å². The first-order valence-corrected chi connectivity index (χ1v) is 5.91. The van der Waals surface area contributed by atoms with Gasteiger partial charge in [0.2, 0.25) is 0 Å². The van der Waals surface area contributed by atoms with E-state index in [4.69, 9.17) is 5.26 Å². The molecule has 1 aromatic carbocycles. The zero-order valence-corrected chi connectivity index (χ0v) is 10.1. The SMILES string of the molecule is COC(=O)C(C)SCc1ccccc1C#N. The zero-order chi connectivity index (χ0) is 12.0. The molecule has 84 valence electrons. The Morgan fingerprint density at radius 2 is 2.25 bits per heavy atom. The molecule has 0 aromatic heterocycles. The number of nitriles is 1. The van der Waals surface area contributed by atoms with Gasteiger partial charge in [0.25, 0.3) is 0 Å². The van der Waals surface area contributed by atoms with Crippen molar-refractivity contribution in [3.05, 3.63) is 35.4 Å². The second kappa shape index (κ2) is 6.19. The average molecular weight is 235 g/mol. The molecule has 1 aromatic rings. The van der Waals surface area contributed by atoms with Gasteiger partial charge in [-0.25, -0.2) is 0 Å². The first-order chi connectivity index (χ1) is 7.69. The van der Waals surface area contributed by atoms with Gasteiger partial charge in [0.05, 0.1) is 24.0 Å². The molecule has 0 saturated heterocycles. The number of carbonyl (C=O) groups excluding carboxylic acids is 1. The summed E-state index contributed by atoms with van der Waals surface area (Å²) in [5, 5.41) is 8.68. The molecule has 4 heteroatoms. The lowest BCUT2D eigenvalue weighted by Gasteiger charge is -2.09. The molecule has 1 rings (SSSR count). The Balaban J connectivity index is 2.62. The largest absolute Gasteiger partial charge is 0.468 e. The van der Waals surface area contributed by atoms with Crippen LogP contribution in [0.5, 0.6) is 0 Å². The van der Waals surface area contributed by atoms with Crippen LogP contribution in [0.15, 0.2) is 24.3 Å². The highest BCUT2D eigenvalue weighted by atomic mass is 32.2. The predicted molar refractivity (Wildman–Crippen MR) is 63.9 cm³/mol. The second-order valence-corrected chi connectivity index (χ2v) is 4.57. The van der Waals surface area contributed by atoms with Gasteiger partial charge in [0.15, 0.2) is 0 Å². The van der Waals surface area contributed by atoms with Gasteiger partial charge in [-0.05, 0) is 18.6 Å². The van der Waals surface area contributed by atoms with E-state index in [2.05, 4.69) is 10.8 Å². The first-order valence-electron chi connectivity index (χ1n) is 4.86. The smallest absolute Gasteiger partial charge is 0.318 e. The minimum absolute atomic E-state index is 0.211. The number of carbonyl (C=O) groups is 1. The van der Waals surface area contributed by atoms with E-state index in [1.807, 2.05) is 18.2 Å². The highest BCUT2D eigenvalue weighted by Gasteiger charge is 2.14. The van der Waals surface area contributed by atoms with Gasteiger partial charge in [-0.15, -0.1) is 11.8 Å². The van der Waals surface area contributed by atoms with E-state index >= 15 is 0 Å². The molecule has 0 amide bonds. The molecule has 0 aliphatic carbocycles. The summed E-state index contributed by atoms with van der Waals surface area (Å²) in [5.41, 5.74) is 1.61. The molecule has 3 nitrogen and oxygen atoms in total. The van der Waals surface area contributed by atoms with Crippen LogP contribution in [0.1, 0.15) is 18.1 Å². The monoisotopic (exact) mass is 235 g/mol. The summed E-state index contributed by atoms with van der Waals surface area (Å²) in [5.74, 6) is 0.402. The molecule has 0 spiro atoms. The molecule has 0 radical (unpaired) electrons. The standard InChI is InChI=1S/C12H13NO2S/c1-9(12(14)15-2)16-8-11-6-4-3-5-10(11)7-13/h3-6,9H,8H2,1-2H3. The summed E-state index contributed by atoms with van der Waals surface area (Å²) >= 11 is 1.47. The number of hydrogen-bond acceptors (Lipinski definition) is 4. The third kappa shape index (κ3) is 3.28. The molecule has 0 fully saturated rings. The maximum Gasteiger partial charge on any atom is 0.318 e. The quantitative estimate of drug-likeness (QED) is 0.752. The summed E-state index contributed by atoms with van der Waals surface area (Å²) in [6.07, 6.45) is 0. The van der Waals surface area contributed by atoms with E-state index in [0.717, 1.165) is 5.56 Å². The van der Waals surface area contributed by atoms with Gasteiger partial charge < -0.3 is 4.74 Å². The van der Waals surface area contributed by atoms with Crippen LogP contribution in [-0.2, 0) is 15.3 Å². The molecule has 0 N–H and O–H groups in total. The highest BCUT2D eigenvalue weighted by Crippen LogP contribution is 2.20. The van der Waals surface area contributed by atoms with Gasteiger partial charge in [-0.3, -0.25) is 4.79 Å². The number of hydrogen-bond donors (Lipinski definition) is 0. The Bertz CT molecular complexity index is 412. The van der Waals surface area contributed by atoms with Gasteiger partial charge in [-0.2, -0.15) is 5.26 Å². The van der Waals surface area contributed by atoms with Gasteiger partial charge in [-0.1, -0.05) is 18.2 Å². The summed E-state index contributed by atoms with van der Waals surface area (Å²) in [7, 11) is 1.38. The fourth-order valence-corrected chi connectivity index (χ4v) is 2.12. The van der Waals surface area contributed by atoms with Crippen molar-refractivity contribution >= 4 is 17.7 Å². The molecular weight excluding hydrogens is 222 g/mol. The molecule has 1 atom stereocenters. The molecule has 0 bridgehead atoms. The van der Waals surface area contributed by atoms with E-state index in [9.17, 15) is 4.79 Å². The Hall–Kier alpha value is -1.47. The van der Waals surface area contributed by atoms with Crippen molar-refractivity contribution in [2.45, 2.75) is 17.9 Å². The van der Waals surface area contributed by atoms with E-state index in [1.165, 1.54) is 18.9 Å². The Morgan fingerprint density at radius 3 is 2.88 bits per heavy atom. The molecule has 0 saturated carbocycles. The Morgan fingerprint density at radius 1 is 1.56 bits per heavy atom. The van der Waals surface area contributed by atoms with E-state index in [-0.39, 0.29) is 11.2 Å². The van der Waals surface area contributed by atoms with Crippen molar-refractivity contribution in [1.82, 2.24) is 0 Å². The fraction of sp³-hybridized carbons (Fsp3) is 0.333. The number of ether oxygens (including phenoxy) is 1. The van der Waals surface area contributed by atoms with Crippen LogP contribution in [0.2, 0.25) is 0 Å². The predicted octanol–water partition coefficient (Wildman–Crippen LogP) is 2.35. The number of benzene rings is 1. The zero-order valence-electron chi connectivity index (χ0n) is 9.27. The first kappa shape index (κ1) is 12.6. The lowest BCUT2D eigenvalue weighted by Crippen LogP contribution is -2.14. The van der Waals surface area contributed by atoms with Crippen LogP contribution in [0, 0.1) is 11.3 Å². The average Bonchev–Trinajstić information content (AvgIpc) is 2.35. The summed E-state index contributed by atoms with van der Waals surface area (Å²) in [6.45, 7) is 1.80. The van der Waals surface area contributed by atoms with E-state index < -0.39 is 0 Å². The van der Waals surface area contributed by atoms with Crippen LogP contribution in [0.4, 0.5) is 0 Å². The van der Waals surface area contributed by atoms with Crippen molar-refractivity contribution in [1.29, 1.82) is 5.26 Å². The number of esters is 1. The summed E-state index contributed by atoms with van der Waals surface area (Å²) in [6, 6.07) is 9.53. The van der Waals surface area contributed by atoms with Crippen LogP contribution < -0.4 is 0 Å². The van der Waals surface area contributed by atoms with E-state index in [0.29, 0.717) is 11.3 Å². The second-order valence-electron chi connectivity index (χ2n) is 3.25. The van der Waals surface area contributed by atoms with Crippen LogP contribution in [-0.4, -0.2) is 18.3 Å². The summed E-state index contributed by atoms with van der Waals surface area (Å²) < 4.78 is 4.63. The van der Waals surface area contributed by atoms with Crippen molar-refractivity contribution in [3.8, 4) is 6.07 Å². The molecule has 0 aliphatic heterocycles.